The molecule has 0 aliphatic heterocycles. The zero-order valence-corrected chi connectivity index (χ0v) is 16.8. The fraction of sp³-hybridized carbons (Fsp3) is 0.273. The Morgan fingerprint density at radius 1 is 1.11 bits per heavy atom. The Labute approximate surface area is 164 Å². The number of aryl methyl sites for hydroxylation is 3. The van der Waals surface area contributed by atoms with Gasteiger partial charge in [0.2, 0.25) is 0 Å². The molecule has 0 aliphatic carbocycles. The summed E-state index contributed by atoms with van der Waals surface area (Å²) >= 11 is 0. The van der Waals surface area contributed by atoms with Gasteiger partial charge in [-0.25, -0.2) is 4.98 Å². The number of hydrogen-bond donors (Lipinski definition) is 1. The van der Waals surface area contributed by atoms with Gasteiger partial charge in [-0.05, 0) is 51.0 Å². The van der Waals surface area contributed by atoms with Crippen LogP contribution in [0.5, 0.6) is 0 Å². The monoisotopic (exact) mass is 376 g/mol. The van der Waals surface area contributed by atoms with Gasteiger partial charge >= 0.3 is 0 Å². The molecule has 1 N–H and O–H groups in total. The molecule has 2 aromatic heterocycles. The normalized spacial score (nSPS) is 12.5. The maximum atomic E-state index is 5.39. The van der Waals surface area contributed by atoms with Crippen molar-refractivity contribution in [3.8, 4) is 11.1 Å². The summed E-state index contributed by atoms with van der Waals surface area (Å²) in [5.41, 5.74) is 9.81. The average molecular weight is 376 g/mol. The Kier molecular flexibility index (Phi) is 4.65. The topological polar surface area (TPSA) is 65.1 Å². The van der Waals surface area contributed by atoms with Crippen LogP contribution in [0.3, 0.4) is 0 Å². The first-order valence-corrected chi connectivity index (χ1v) is 9.31. The van der Waals surface area contributed by atoms with Gasteiger partial charge in [0.25, 0.3) is 0 Å². The SMILES string of the molecule is CONc1cc(-c2c(C)noc2C)cc2c1nc(C)n2[C@H](C)c1ccccc1. The van der Waals surface area contributed by atoms with Gasteiger partial charge in [0.1, 0.15) is 17.1 Å². The molecule has 6 heteroatoms. The molecule has 0 bridgehead atoms. The maximum Gasteiger partial charge on any atom is 0.141 e. The van der Waals surface area contributed by atoms with Crippen molar-refractivity contribution in [2.45, 2.75) is 33.7 Å². The largest absolute Gasteiger partial charge is 0.361 e. The van der Waals surface area contributed by atoms with Crippen molar-refractivity contribution < 1.29 is 9.36 Å². The minimum absolute atomic E-state index is 0.140. The van der Waals surface area contributed by atoms with Crippen molar-refractivity contribution in [3.05, 3.63) is 65.3 Å². The van der Waals surface area contributed by atoms with Gasteiger partial charge in [-0.2, -0.15) is 0 Å². The molecule has 0 unspecified atom stereocenters. The van der Waals surface area contributed by atoms with Crippen molar-refractivity contribution in [1.29, 1.82) is 0 Å². The first kappa shape index (κ1) is 18.3. The average Bonchev–Trinajstić information content (AvgIpc) is 3.20. The molecule has 144 valence electrons. The van der Waals surface area contributed by atoms with Gasteiger partial charge in [0.15, 0.2) is 0 Å². The summed E-state index contributed by atoms with van der Waals surface area (Å²) in [6, 6.07) is 14.8. The van der Waals surface area contributed by atoms with E-state index in [1.165, 1.54) is 5.56 Å². The molecule has 0 aliphatic rings. The number of nitrogens with one attached hydrogen (secondary N) is 1. The van der Waals surface area contributed by atoms with E-state index in [4.69, 9.17) is 14.3 Å². The number of benzene rings is 2. The molecule has 0 saturated carbocycles. The van der Waals surface area contributed by atoms with Crippen molar-refractivity contribution >= 4 is 16.7 Å². The van der Waals surface area contributed by atoms with Gasteiger partial charge < -0.3 is 9.09 Å². The summed E-state index contributed by atoms with van der Waals surface area (Å²) in [6.07, 6.45) is 0. The lowest BCUT2D eigenvalue weighted by atomic mass is 10.0. The van der Waals surface area contributed by atoms with E-state index in [1.807, 2.05) is 32.9 Å². The lowest BCUT2D eigenvalue weighted by Gasteiger charge is -2.18. The van der Waals surface area contributed by atoms with Gasteiger partial charge in [0, 0.05) is 5.56 Å². The molecule has 0 saturated heterocycles. The van der Waals surface area contributed by atoms with E-state index in [0.717, 1.165) is 45.1 Å². The second-order valence-electron chi connectivity index (χ2n) is 7.01. The summed E-state index contributed by atoms with van der Waals surface area (Å²) in [4.78, 5) is 10.1. The van der Waals surface area contributed by atoms with Crippen LogP contribution < -0.4 is 5.48 Å². The molecular formula is C22H24N4O2. The third-order valence-corrected chi connectivity index (χ3v) is 5.17. The minimum Gasteiger partial charge on any atom is -0.361 e. The highest BCUT2D eigenvalue weighted by molar-refractivity contribution is 5.94. The molecule has 0 spiro atoms. The molecule has 4 aromatic rings. The summed E-state index contributed by atoms with van der Waals surface area (Å²) in [7, 11) is 1.60. The van der Waals surface area contributed by atoms with Crippen LogP contribution in [0.2, 0.25) is 0 Å². The smallest absolute Gasteiger partial charge is 0.141 e. The Balaban J connectivity index is 1.98. The summed E-state index contributed by atoms with van der Waals surface area (Å²) < 4.78 is 7.65. The number of nitrogens with zero attached hydrogens (tertiary/aromatic N) is 3. The highest BCUT2D eigenvalue weighted by Crippen LogP contribution is 2.36. The third-order valence-electron chi connectivity index (χ3n) is 5.17. The van der Waals surface area contributed by atoms with E-state index >= 15 is 0 Å². The van der Waals surface area contributed by atoms with E-state index in [1.54, 1.807) is 7.11 Å². The van der Waals surface area contributed by atoms with Crippen molar-refractivity contribution in [2.24, 2.45) is 0 Å². The van der Waals surface area contributed by atoms with Crippen molar-refractivity contribution in [2.75, 3.05) is 12.6 Å². The van der Waals surface area contributed by atoms with Crippen LogP contribution in [0.1, 0.15) is 35.8 Å². The quantitative estimate of drug-likeness (QED) is 0.485. The summed E-state index contributed by atoms with van der Waals surface area (Å²) in [6.45, 7) is 8.10. The van der Waals surface area contributed by atoms with Crippen LogP contribution in [0.15, 0.2) is 47.0 Å². The summed E-state index contributed by atoms with van der Waals surface area (Å²) in [5.74, 6) is 1.74. The van der Waals surface area contributed by atoms with E-state index < -0.39 is 0 Å². The number of rotatable bonds is 5. The van der Waals surface area contributed by atoms with Crippen molar-refractivity contribution in [3.63, 3.8) is 0 Å². The molecule has 0 fully saturated rings. The first-order chi connectivity index (χ1) is 13.5. The van der Waals surface area contributed by atoms with Crippen LogP contribution >= 0.6 is 0 Å². The Morgan fingerprint density at radius 3 is 2.50 bits per heavy atom. The summed E-state index contributed by atoms with van der Waals surface area (Å²) in [5, 5.41) is 4.11. The number of hydrogen-bond acceptors (Lipinski definition) is 5. The number of anilines is 1. The molecule has 2 aromatic carbocycles. The van der Waals surface area contributed by atoms with Crippen LogP contribution in [-0.2, 0) is 4.84 Å². The fourth-order valence-electron chi connectivity index (χ4n) is 3.91. The predicted octanol–water partition coefficient (Wildman–Crippen LogP) is 5.20. The van der Waals surface area contributed by atoms with E-state index in [9.17, 15) is 0 Å². The predicted molar refractivity (Wildman–Crippen MR) is 110 cm³/mol. The first-order valence-electron chi connectivity index (χ1n) is 9.31. The van der Waals surface area contributed by atoms with Crippen LogP contribution in [0.25, 0.3) is 22.2 Å². The minimum atomic E-state index is 0.140. The molecular weight excluding hydrogens is 352 g/mol. The fourth-order valence-corrected chi connectivity index (χ4v) is 3.91. The Hall–Kier alpha value is -3.12. The molecule has 2 heterocycles. The van der Waals surface area contributed by atoms with Crippen LogP contribution in [-0.4, -0.2) is 21.8 Å². The second kappa shape index (κ2) is 7.13. The van der Waals surface area contributed by atoms with Crippen molar-refractivity contribution in [1.82, 2.24) is 14.7 Å². The zero-order chi connectivity index (χ0) is 19.8. The Bertz CT molecular complexity index is 1110. The number of imidazole rings is 1. The van der Waals surface area contributed by atoms with Crippen LogP contribution in [0.4, 0.5) is 5.69 Å². The molecule has 1 atom stereocenters. The molecule has 6 nitrogen and oxygen atoms in total. The number of aromatic nitrogens is 3. The third kappa shape index (κ3) is 2.96. The zero-order valence-electron chi connectivity index (χ0n) is 16.8. The van der Waals surface area contributed by atoms with E-state index in [2.05, 4.69) is 52.5 Å². The highest BCUT2D eigenvalue weighted by atomic mass is 16.6. The highest BCUT2D eigenvalue weighted by Gasteiger charge is 2.20. The molecule has 28 heavy (non-hydrogen) atoms. The molecule has 0 amide bonds. The lowest BCUT2D eigenvalue weighted by molar-refractivity contribution is 0.271. The van der Waals surface area contributed by atoms with Gasteiger partial charge in [0.05, 0.1) is 30.0 Å². The molecule has 0 radical (unpaired) electrons. The van der Waals surface area contributed by atoms with Crippen LogP contribution in [0, 0.1) is 20.8 Å². The van der Waals surface area contributed by atoms with E-state index in [-0.39, 0.29) is 6.04 Å². The molecule has 4 rings (SSSR count). The van der Waals surface area contributed by atoms with Gasteiger partial charge in [-0.15, -0.1) is 0 Å². The maximum absolute atomic E-state index is 5.39. The number of fused-ring (bicyclic) bond motifs is 1. The second-order valence-corrected chi connectivity index (χ2v) is 7.01. The van der Waals surface area contributed by atoms with E-state index in [0.29, 0.717) is 0 Å². The van der Waals surface area contributed by atoms with Gasteiger partial charge in [-0.3, -0.25) is 10.3 Å². The Morgan fingerprint density at radius 2 is 1.86 bits per heavy atom. The standard InChI is InChI=1S/C22H24N4O2/c1-13-21(15(3)28-24-13)18-11-19(25-27-5)22-20(12-18)26(16(4)23-22)14(2)17-9-7-6-8-10-17/h6-12,14,25H,1-5H3/t14-/m1/s1. The lowest BCUT2D eigenvalue weighted by Crippen LogP contribution is -2.08. The van der Waals surface area contributed by atoms with Gasteiger partial charge in [-0.1, -0.05) is 35.5 Å².